The number of hydrogen-bond acceptors (Lipinski definition) is 2. The van der Waals surface area contributed by atoms with Crippen LogP contribution < -0.4 is 5.73 Å². The minimum absolute atomic E-state index is 0.0182. The lowest BCUT2D eigenvalue weighted by Crippen LogP contribution is -2.41. The van der Waals surface area contributed by atoms with Crippen molar-refractivity contribution < 1.29 is 5.11 Å². The molecular weight excluding hydrogens is 162 g/mol. The Hall–Kier alpha value is -0.0800. The minimum atomic E-state index is -0.271. The molecule has 0 heterocycles. The van der Waals surface area contributed by atoms with Gasteiger partial charge in [0, 0.05) is 6.04 Å². The number of hydrogen-bond donors (Lipinski definition) is 2. The van der Waals surface area contributed by atoms with Crippen molar-refractivity contribution in [3.63, 3.8) is 0 Å². The van der Waals surface area contributed by atoms with Crippen molar-refractivity contribution >= 4 is 0 Å². The highest BCUT2D eigenvalue weighted by molar-refractivity contribution is 4.82. The van der Waals surface area contributed by atoms with E-state index >= 15 is 0 Å². The van der Waals surface area contributed by atoms with E-state index in [2.05, 4.69) is 6.92 Å². The molecular formula is C11H23NO. The zero-order chi connectivity index (χ0) is 9.84. The molecule has 2 heteroatoms. The second-order valence-corrected chi connectivity index (χ2v) is 4.59. The first-order valence-corrected chi connectivity index (χ1v) is 5.58. The molecule has 3 unspecified atom stereocenters. The SMILES string of the molecule is CC[C@@H](N)C(O)C1CCCC(C)C1. The summed E-state index contributed by atoms with van der Waals surface area (Å²) in [6.07, 6.45) is 5.53. The molecule has 1 aliphatic rings. The third-order valence-corrected chi connectivity index (χ3v) is 3.37. The third kappa shape index (κ3) is 2.96. The largest absolute Gasteiger partial charge is 0.391 e. The van der Waals surface area contributed by atoms with Crippen molar-refractivity contribution in [1.29, 1.82) is 0 Å². The van der Waals surface area contributed by atoms with Crippen molar-refractivity contribution in [3.8, 4) is 0 Å². The predicted molar refractivity (Wildman–Crippen MR) is 55.4 cm³/mol. The fourth-order valence-electron chi connectivity index (χ4n) is 2.38. The Bertz CT molecular complexity index is 149. The lowest BCUT2D eigenvalue weighted by molar-refractivity contribution is 0.0499. The molecule has 1 fully saturated rings. The normalized spacial score (nSPS) is 34.2. The maximum atomic E-state index is 9.94. The average molecular weight is 185 g/mol. The summed E-state index contributed by atoms with van der Waals surface area (Å²) >= 11 is 0. The summed E-state index contributed by atoms with van der Waals surface area (Å²) in [5.74, 6) is 1.23. The van der Waals surface area contributed by atoms with Gasteiger partial charge in [0.25, 0.3) is 0 Å². The molecule has 0 radical (unpaired) electrons. The molecule has 78 valence electrons. The summed E-state index contributed by atoms with van der Waals surface area (Å²) < 4.78 is 0. The van der Waals surface area contributed by atoms with Gasteiger partial charge in [-0.05, 0) is 31.1 Å². The van der Waals surface area contributed by atoms with Gasteiger partial charge in [-0.3, -0.25) is 0 Å². The maximum Gasteiger partial charge on any atom is 0.0719 e. The van der Waals surface area contributed by atoms with Gasteiger partial charge in [-0.2, -0.15) is 0 Å². The lowest BCUT2D eigenvalue weighted by atomic mass is 9.77. The molecule has 0 amide bonds. The summed E-state index contributed by atoms with van der Waals surface area (Å²) in [4.78, 5) is 0. The van der Waals surface area contributed by atoms with Crippen molar-refractivity contribution in [2.75, 3.05) is 0 Å². The van der Waals surface area contributed by atoms with E-state index in [-0.39, 0.29) is 12.1 Å². The van der Waals surface area contributed by atoms with E-state index in [0.29, 0.717) is 5.92 Å². The van der Waals surface area contributed by atoms with Crippen LogP contribution in [0, 0.1) is 11.8 Å². The zero-order valence-electron chi connectivity index (χ0n) is 8.87. The van der Waals surface area contributed by atoms with Crippen LogP contribution in [0.3, 0.4) is 0 Å². The molecule has 0 spiro atoms. The van der Waals surface area contributed by atoms with Crippen LogP contribution in [0.15, 0.2) is 0 Å². The van der Waals surface area contributed by atoms with E-state index in [1.807, 2.05) is 6.92 Å². The first-order chi connectivity index (χ1) is 6.15. The summed E-state index contributed by atoms with van der Waals surface area (Å²) in [7, 11) is 0. The quantitative estimate of drug-likeness (QED) is 0.705. The minimum Gasteiger partial charge on any atom is -0.391 e. The van der Waals surface area contributed by atoms with E-state index in [4.69, 9.17) is 5.73 Å². The van der Waals surface area contributed by atoms with Crippen molar-refractivity contribution in [2.24, 2.45) is 17.6 Å². The number of aliphatic hydroxyl groups is 1. The van der Waals surface area contributed by atoms with E-state index in [9.17, 15) is 5.11 Å². The van der Waals surface area contributed by atoms with E-state index in [0.717, 1.165) is 18.8 Å². The van der Waals surface area contributed by atoms with Crippen molar-refractivity contribution in [1.82, 2.24) is 0 Å². The summed E-state index contributed by atoms with van der Waals surface area (Å²) in [5.41, 5.74) is 5.84. The highest BCUT2D eigenvalue weighted by Gasteiger charge is 2.28. The van der Waals surface area contributed by atoms with Gasteiger partial charge >= 0.3 is 0 Å². The second kappa shape index (κ2) is 4.97. The molecule has 0 aliphatic heterocycles. The van der Waals surface area contributed by atoms with Gasteiger partial charge < -0.3 is 10.8 Å². The van der Waals surface area contributed by atoms with Crippen LogP contribution in [0.25, 0.3) is 0 Å². The van der Waals surface area contributed by atoms with E-state index in [1.165, 1.54) is 19.3 Å². The molecule has 1 saturated carbocycles. The first kappa shape index (κ1) is 11.0. The Balaban J connectivity index is 2.41. The highest BCUT2D eigenvalue weighted by atomic mass is 16.3. The van der Waals surface area contributed by atoms with Gasteiger partial charge in [-0.1, -0.05) is 26.7 Å². The van der Waals surface area contributed by atoms with Gasteiger partial charge in [-0.25, -0.2) is 0 Å². The van der Waals surface area contributed by atoms with Gasteiger partial charge in [0.05, 0.1) is 6.10 Å². The standard InChI is InChI=1S/C11H23NO/c1-3-10(12)11(13)9-6-4-5-8(2)7-9/h8-11,13H,3-7,12H2,1-2H3/t8?,9?,10-,11?/m1/s1. The number of aliphatic hydroxyl groups excluding tert-OH is 1. The van der Waals surface area contributed by atoms with Crippen LogP contribution in [0.1, 0.15) is 46.0 Å². The monoisotopic (exact) mass is 185 g/mol. The van der Waals surface area contributed by atoms with Gasteiger partial charge in [-0.15, -0.1) is 0 Å². The molecule has 0 aromatic carbocycles. The van der Waals surface area contributed by atoms with Crippen LogP contribution in [0.4, 0.5) is 0 Å². The topological polar surface area (TPSA) is 46.2 Å². The Labute approximate surface area is 81.5 Å². The molecule has 0 aromatic rings. The highest BCUT2D eigenvalue weighted by Crippen LogP contribution is 2.31. The molecule has 0 saturated heterocycles. The molecule has 1 rings (SSSR count). The zero-order valence-corrected chi connectivity index (χ0v) is 8.87. The van der Waals surface area contributed by atoms with E-state index in [1.54, 1.807) is 0 Å². The Morgan fingerprint density at radius 1 is 1.46 bits per heavy atom. The van der Waals surface area contributed by atoms with Crippen LogP contribution in [0.2, 0.25) is 0 Å². The van der Waals surface area contributed by atoms with Crippen LogP contribution in [-0.2, 0) is 0 Å². The third-order valence-electron chi connectivity index (χ3n) is 3.37. The number of rotatable bonds is 3. The maximum absolute atomic E-state index is 9.94. The molecule has 0 bridgehead atoms. The number of nitrogens with two attached hydrogens (primary N) is 1. The molecule has 1 aliphatic carbocycles. The predicted octanol–water partition coefficient (Wildman–Crippen LogP) is 1.91. The molecule has 0 aromatic heterocycles. The Morgan fingerprint density at radius 3 is 2.69 bits per heavy atom. The van der Waals surface area contributed by atoms with Gasteiger partial charge in [0.1, 0.15) is 0 Å². The average Bonchev–Trinajstić information content (AvgIpc) is 2.15. The first-order valence-electron chi connectivity index (χ1n) is 5.58. The molecule has 3 N–H and O–H groups in total. The van der Waals surface area contributed by atoms with Crippen LogP contribution in [-0.4, -0.2) is 17.3 Å². The fourth-order valence-corrected chi connectivity index (χ4v) is 2.38. The fraction of sp³-hybridized carbons (Fsp3) is 1.00. The second-order valence-electron chi connectivity index (χ2n) is 4.59. The summed E-state index contributed by atoms with van der Waals surface area (Å²) in [6.45, 7) is 4.32. The van der Waals surface area contributed by atoms with Crippen LogP contribution >= 0.6 is 0 Å². The molecule has 4 atom stereocenters. The Kier molecular flexibility index (Phi) is 4.20. The summed E-state index contributed by atoms with van der Waals surface area (Å²) in [6, 6.07) is -0.0182. The van der Waals surface area contributed by atoms with E-state index < -0.39 is 0 Å². The molecule has 2 nitrogen and oxygen atoms in total. The smallest absolute Gasteiger partial charge is 0.0719 e. The molecule has 13 heavy (non-hydrogen) atoms. The Morgan fingerprint density at radius 2 is 2.15 bits per heavy atom. The van der Waals surface area contributed by atoms with Crippen molar-refractivity contribution in [3.05, 3.63) is 0 Å². The van der Waals surface area contributed by atoms with Gasteiger partial charge in [0.2, 0.25) is 0 Å². The summed E-state index contributed by atoms with van der Waals surface area (Å²) in [5, 5.41) is 9.94. The lowest BCUT2D eigenvalue weighted by Gasteiger charge is -2.32. The van der Waals surface area contributed by atoms with Gasteiger partial charge in [0.15, 0.2) is 0 Å². The van der Waals surface area contributed by atoms with Crippen molar-refractivity contribution in [2.45, 2.75) is 58.1 Å². The van der Waals surface area contributed by atoms with Crippen LogP contribution in [0.5, 0.6) is 0 Å².